The number of fused-ring (bicyclic) bond motifs is 4. The molecule has 0 amide bonds. The van der Waals surface area contributed by atoms with Crippen molar-refractivity contribution in [3.63, 3.8) is 0 Å². The van der Waals surface area contributed by atoms with Gasteiger partial charge in [-0.25, -0.2) is 4.98 Å². The minimum Gasteiger partial charge on any atom is -0.455 e. The van der Waals surface area contributed by atoms with Crippen molar-refractivity contribution < 1.29 is 4.42 Å². The molecule has 0 radical (unpaired) electrons. The van der Waals surface area contributed by atoms with E-state index >= 15 is 0 Å². The number of aryl methyl sites for hydroxylation is 4. The van der Waals surface area contributed by atoms with Gasteiger partial charge in [-0.15, -0.1) is 0 Å². The number of hydrogen-bond donors (Lipinski definition) is 0. The first-order chi connectivity index (χ1) is 15.5. The second-order valence-electron chi connectivity index (χ2n) is 8.44. The first kappa shape index (κ1) is 18.8. The van der Waals surface area contributed by atoms with Crippen molar-refractivity contribution in [2.24, 2.45) is 0 Å². The van der Waals surface area contributed by atoms with Gasteiger partial charge in [0, 0.05) is 22.2 Å². The molecule has 0 N–H and O–H groups in total. The molecule has 3 aromatic carbocycles. The van der Waals surface area contributed by atoms with E-state index in [-0.39, 0.29) is 0 Å². The molecule has 3 aromatic heterocycles. The van der Waals surface area contributed by atoms with E-state index < -0.39 is 0 Å². The summed E-state index contributed by atoms with van der Waals surface area (Å²) in [7, 11) is 0. The zero-order valence-corrected chi connectivity index (χ0v) is 18.6. The number of imidazole rings is 1. The predicted octanol–water partition coefficient (Wildman–Crippen LogP) is 7.22. The largest absolute Gasteiger partial charge is 0.455 e. The zero-order valence-electron chi connectivity index (χ0n) is 18.6. The fourth-order valence-electron chi connectivity index (χ4n) is 4.75. The van der Waals surface area contributed by atoms with Crippen LogP contribution in [0.25, 0.3) is 50.0 Å². The summed E-state index contributed by atoms with van der Waals surface area (Å²) in [5, 5.41) is 2.28. The molecular weight excluding hydrogens is 394 g/mol. The van der Waals surface area contributed by atoms with Gasteiger partial charge >= 0.3 is 0 Å². The molecule has 0 aliphatic rings. The summed E-state index contributed by atoms with van der Waals surface area (Å²) in [4.78, 5) is 10.0. The Morgan fingerprint density at radius 3 is 2.31 bits per heavy atom. The minimum absolute atomic E-state index is 0.869. The van der Waals surface area contributed by atoms with Crippen LogP contribution in [-0.2, 0) is 0 Å². The normalized spacial score (nSPS) is 11.8. The van der Waals surface area contributed by atoms with Gasteiger partial charge in [0.25, 0.3) is 0 Å². The Labute approximate surface area is 186 Å². The first-order valence-electron chi connectivity index (χ1n) is 10.9. The SMILES string of the molecule is Cc1nc(C)c2c(nc(-c3ccc(C)c4c3oc3ccccc34)n2-c2ccccc2)c1C. The molecule has 0 fully saturated rings. The van der Waals surface area contributed by atoms with Gasteiger partial charge < -0.3 is 4.42 Å². The second-order valence-corrected chi connectivity index (χ2v) is 8.44. The highest BCUT2D eigenvalue weighted by Gasteiger charge is 2.23. The van der Waals surface area contributed by atoms with E-state index in [1.54, 1.807) is 0 Å². The second kappa shape index (κ2) is 6.79. The summed E-state index contributed by atoms with van der Waals surface area (Å²) in [5.74, 6) is 0.869. The summed E-state index contributed by atoms with van der Waals surface area (Å²) in [5.41, 5.74) is 10.1. The van der Waals surface area contributed by atoms with E-state index in [1.807, 2.05) is 25.1 Å². The van der Waals surface area contributed by atoms with Gasteiger partial charge in [-0.2, -0.15) is 0 Å². The van der Waals surface area contributed by atoms with Crippen molar-refractivity contribution in [2.75, 3.05) is 0 Å². The highest BCUT2D eigenvalue weighted by molar-refractivity contribution is 6.11. The standard InChI is InChI=1S/C28H23N3O/c1-16-14-15-22(27-24(16)21-12-8-9-13-23(21)32-27)28-30-25-17(2)18(3)29-19(4)26(25)31(28)20-10-6-5-7-11-20/h5-15H,1-4H3. The smallest absolute Gasteiger partial charge is 0.149 e. The van der Waals surface area contributed by atoms with Gasteiger partial charge in [0.15, 0.2) is 0 Å². The number of furan rings is 1. The number of aromatic nitrogens is 3. The molecule has 6 rings (SSSR count). The van der Waals surface area contributed by atoms with E-state index in [0.717, 1.165) is 67.0 Å². The van der Waals surface area contributed by atoms with Gasteiger partial charge in [-0.05, 0) is 63.1 Å². The van der Waals surface area contributed by atoms with Gasteiger partial charge in [0.2, 0.25) is 0 Å². The van der Waals surface area contributed by atoms with Crippen molar-refractivity contribution >= 4 is 33.0 Å². The maximum absolute atomic E-state index is 6.42. The molecule has 32 heavy (non-hydrogen) atoms. The van der Waals surface area contributed by atoms with E-state index in [1.165, 1.54) is 5.56 Å². The third-order valence-corrected chi connectivity index (χ3v) is 6.44. The molecule has 0 unspecified atom stereocenters. The molecule has 4 heteroatoms. The summed E-state index contributed by atoms with van der Waals surface area (Å²) in [6.45, 7) is 8.34. The topological polar surface area (TPSA) is 43.9 Å². The molecule has 0 aliphatic heterocycles. The maximum Gasteiger partial charge on any atom is 0.149 e. The molecule has 4 nitrogen and oxygen atoms in total. The number of hydrogen-bond acceptors (Lipinski definition) is 3. The average molecular weight is 418 g/mol. The third kappa shape index (κ3) is 2.56. The van der Waals surface area contributed by atoms with Crippen LogP contribution >= 0.6 is 0 Å². The lowest BCUT2D eigenvalue weighted by molar-refractivity contribution is 0.669. The number of para-hydroxylation sites is 2. The lowest BCUT2D eigenvalue weighted by atomic mass is 10.0. The number of pyridine rings is 1. The van der Waals surface area contributed by atoms with Gasteiger partial charge in [0.1, 0.15) is 17.0 Å². The van der Waals surface area contributed by atoms with Crippen LogP contribution in [0.15, 0.2) is 71.1 Å². The fraction of sp³-hybridized carbons (Fsp3) is 0.143. The van der Waals surface area contributed by atoms with Gasteiger partial charge in [-0.3, -0.25) is 9.55 Å². The number of benzene rings is 3. The van der Waals surface area contributed by atoms with Crippen molar-refractivity contribution in [1.29, 1.82) is 0 Å². The Hall–Kier alpha value is -3.92. The molecule has 3 heterocycles. The van der Waals surface area contributed by atoms with E-state index in [0.29, 0.717) is 0 Å². The monoisotopic (exact) mass is 417 g/mol. The molecule has 0 atom stereocenters. The zero-order chi connectivity index (χ0) is 22.0. The lowest BCUT2D eigenvalue weighted by Crippen LogP contribution is -2.00. The van der Waals surface area contributed by atoms with Crippen LogP contribution in [0.4, 0.5) is 0 Å². The van der Waals surface area contributed by atoms with Crippen LogP contribution in [-0.4, -0.2) is 14.5 Å². The summed E-state index contributed by atoms with van der Waals surface area (Å²) in [6.07, 6.45) is 0. The fourth-order valence-corrected chi connectivity index (χ4v) is 4.75. The average Bonchev–Trinajstić information content (AvgIpc) is 3.39. The quantitative estimate of drug-likeness (QED) is 0.299. The maximum atomic E-state index is 6.42. The van der Waals surface area contributed by atoms with Crippen LogP contribution in [0.5, 0.6) is 0 Å². The molecule has 0 bridgehead atoms. The Bertz CT molecular complexity index is 1660. The van der Waals surface area contributed by atoms with Crippen LogP contribution in [0.3, 0.4) is 0 Å². The molecule has 156 valence electrons. The predicted molar refractivity (Wildman–Crippen MR) is 131 cm³/mol. The van der Waals surface area contributed by atoms with Gasteiger partial charge in [-0.1, -0.05) is 42.5 Å². The summed E-state index contributed by atoms with van der Waals surface area (Å²) < 4.78 is 8.64. The molecule has 6 aromatic rings. The van der Waals surface area contributed by atoms with E-state index in [4.69, 9.17) is 14.4 Å². The highest BCUT2D eigenvalue weighted by Crippen LogP contribution is 2.40. The number of nitrogens with zero attached hydrogens (tertiary/aromatic N) is 3. The third-order valence-electron chi connectivity index (χ3n) is 6.44. The van der Waals surface area contributed by atoms with E-state index in [9.17, 15) is 0 Å². The first-order valence-corrected chi connectivity index (χ1v) is 10.9. The van der Waals surface area contributed by atoms with Crippen LogP contribution < -0.4 is 0 Å². The van der Waals surface area contributed by atoms with Crippen molar-refractivity contribution in [2.45, 2.75) is 27.7 Å². The number of rotatable bonds is 2. The van der Waals surface area contributed by atoms with Crippen molar-refractivity contribution in [1.82, 2.24) is 14.5 Å². The Morgan fingerprint density at radius 2 is 1.50 bits per heavy atom. The Kier molecular flexibility index (Phi) is 3.99. The Morgan fingerprint density at radius 1 is 0.750 bits per heavy atom. The van der Waals surface area contributed by atoms with Crippen LogP contribution in [0.2, 0.25) is 0 Å². The molecule has 0 spiro atoms. The van der Waals surface area contributed by atoms with Crippen molar-refractivity contribution in [3.8, 4) is 17.1 Å². The van der Waals surface area contributed by atoms with E-state index in [2.05, 4.69) is 73.9 Å². The lowest BCUT2D eigenvalue weighted by Gasteiger charge is -2.12. The molecule has 0 saturated carbocycles. The minimum atomic E-state index is 0.869. The van der Waals surface area contributed by atoms with Crippen molar-refractivity contribution in [3.05, 3.63) is 89.2 Å². The Balaban J connectivity index is 1.80. The molecule has 0 aliphatic carbocycles. The van der Waals surface area contributed by atoms with Crippen LogP contribution in [0.1, 0.15) is 22.5 Å². The molecular formula is C28H23N3O. The van der Waals surface area contributed by atoms with Crippen LogP contribution in [0, 0.1) is 27.7 Å². The highest BCUT2D eigenvalue weighted by atomic mass is 16.3. The molecule has 0 saturated heterocycles. The summed E-state index contributed by atoms with van der Waals surface area (Å²) >= 11 is 0. The van der Waals surface area contributed by atoms with Gasteiger partial charge in [0.05, 0.1) is 22.3 Å². The summed E-state index contributed by atoms with van der Waals surface area (Å²) in [6, 6.07) is 22.9.